The van der Waals surface area contributed by atoms with Gasteiger partial charge in [-0.05, 0) is 36.5 Å². The van der Waals surface area contributed by atoms with Crippen LogP contribution in [0, 0.1) is 6.92 Å². The quantitative estimate of drug-likeness (QED) is 0.714. The third kappa shape index (κ3) is 2.71. The van der Waals surface area contributed by atoms with Gasteiger partial charge in [-0.15, -0.1) is 0 Å². The molecule has 24 heavy (non-hydrogen) atoms. The average molecular weight is 340 g/mol. The van der Waals surface area contributed by atoms with Crippen LogP contribution in [0.4, 0.5) is 0 Å². The number of aryl methyl sites for hydroxylation is 2. The van der Waals surface area contributed by atoms with Gasteiger partial charge in [0.1, 0.15) is 0 Å². The zero-order valence-electron chi connectivity index (χ0n) is 13.2. The lowest BCUT2D eigenvalue weighted by Crippen LogP contribution is -2.25. The van der Waals surface area contributed by atoms with Crippen LogP contribution < -0.4 is 0 Å². The van der Waals surface area contributed by atoms with Gasteiger partial charge in [-0.3, -0.25) is 4.79 Å². The van der Waals surface area contributed by atoms with E-state index >= 15 is 0 Å². The van der Waals surface area contributed by atoms with Crippen LogP contribution in [0.1, 0.15) is 33.9 Å². The minimum atomic E-state index is 0.108. The van der Waals surface area contributed by atoms with E-state index in [1.54, 1.807) is 0 Å². The van der Waals surface area contributed by atoms with Crippen molar-refractivity contribution in [2.45, 2.75) is 26.3 Å². The standard InChI is InChI=1S/C17H16N4O2S/c1-11-14(10-24-20-11)16-18-15(23-19-16)7-4-8-21-9-12-5-2-3-6-13(12)17(21)22/h2-3,5-6,10H,4,7-9H2,1H3. The normalized spacial score (nSPS) is 13.5. The Hall–Kier alpha value is -2.54. The van der Waals surface area contributed by atoms with Crippen molar-refractivity contribution in [3.05, 3.63) is 52.4 Å². The summed E-state index contributed by atoms with van der Waals surface area (Å²) in [5, 5.41) is 5.94. The van der Waals surface area contributed by atoms with Crippen molar-refractivity contribution in [3.8, 4) is 11.4 Å². The molecule has 1 aromatic carbocycles. The van der Waals surface area contributed by atoms with Crippen LogP contribution >= 0.6 is 11.5 Å². The number of amides is 1. The molecule has 0 N–H and O–H groups in total. The number of hydrogen-bond donors (Lipinski definition) is 0. The maximum atomic E-state index is 12.3. The van der Waals surface area contributed by atoms with Crippen molar-refractivity contribution in [2.75, 3.05) is 6.54 Å². The number of carbonyl (C=O) groups excluding carboxylic acids is 1. The number of fused-ring (bicyclic) bond motifs is 1. The van der Waals surface area contributed by atoms with E-state index in [2.05, 4.69) is 14.5 Å². The molecular weight excluding hydrogens is 324 g/mol. The Balaban J connectivity index is 1.35. The molecule has 0 atom stereocenters. The molecule has 0 saturated heterocycles. The smallest absolute Gasteiger partial charge is 0.254 e. The summed E-state index contributed by atoms with van der Waals surface area (Å²) in [6.07, 6.45) is 1.45. The van der Waals surface area contributed by atoms with E-state index in [4.69, 9.17) is 4.52 Å². The van der Waals surface area contributed by atoms with Gasteiger partial charge in [-0.1, -0.05) is 23.4 Å². The van der Waals surface area contributed by atoms with Crippen LogP contribution in [0.2, 0.25) is 0 Å². The van der Waals surface area contributed by atoms with Crippen LogP contribution in [0.25, 0.3) is 11.4 Å². The SMILES string of the molecule is Cc1nscc1-c1noc(CCCN2Cc3ccccc3C2=O)n1. The summed E-state index contributed by atoms with van der Waals surface area (Å²) < 4.78 is 9.53. The number of benzene rings is 1. The van der Waals surface area contributed by atoms with Gasteiger partial charge in [0.05, 0.1) is 11.3 Å². The van der Waals surface area contributed by atoms with Gasteiger partial charge < -0.3 is 9.42 Å². The van der Waals surface area contributed by atoms with Crippen molar-refractivity contribution < 1.29 is 9.32 Å². The molecule has 122 valence electrons. The van der Waals surface area contributed by atoms with E-state index < -0.39 is 0 Å². The third-order valence-corrected chi connectivity index (χ3v) is 4.89. The Bertz CT molecular complexity index is 886. The van der Waals surface area contributed by atoms with Crippen LogP contribution in [0.15, 0.2) is 34.2 Å². The summed E-state index contributed by atoms with van der Waals surface area (Å²) in [4.78, 5) is 18.6. The first-order valence-corrected chi connectivity index (χ1v) is 8.67. The predicted molar refractivity (Wildman–Crippen MR) is 89.6 cm³/mol. The van der Waals surface area contributed by atoms with E-state index in [0.717, 1.165) is 28.8 Å². The Labute approximate surface area is 143 Å². The van der Waals surface area contributed by atoms with Crippen LogP contribution in [-0.4, -0.2) is 31.9 Å². The summed E-state index contributed by atoms with van der Waals surface area (Å²) in [7, 11) is 0. The zero-order valence-corrected chi connectivity index (χ0v) is 14.0. The largest absolute Gasteiger partial charge is 0.339 e. The third-order valence-electron chi connectivity index (χ3n) is 4.17. The second-order valence-electron chi connectivity index (χ2n) is 5.81. The van der Waals surface area contributed by atoms with Crippen molar-refractivity contribution in [1.29, 1.82) is 0 Å². The molecule has 0 spiro atoms. The Morgan fingerprint density at radius 3 is 2.96 bits per heavy atom. The summed E-state index contributed by atoms with van der Waals surface area (Å²) in [5.41, 5.74) is 3.74. The molecule has 0 bridgehead atoms. The van der Waals surface area contributed by atoms with Crippen molar-refractivity contribution in [1.82, 2.24) is 19.4 Å². The van der Waals surface area contributed by atoms with Crippen molar-refractivity contribution >= 4 is 17.4 Å². The number of aromatic nitrogens is 3. The van der Waals surface area contributed by atoms with Gasteiger partial charge in [-0.25, -0.2) is 0 Å². The Kier molecular flexibility index (Phi) is 3.86. The summed E-state index contributed by atoms with van der Waals surface area (Å²) in [6, 6.07) is 7.77. The fraction of sp³-hybridized carbons (Fsp3) is 0.294. The Morgan fingerprint density at radius 2 is 2.17 bits per heavy atom. The van der Waals surface area contributed by atoms with Crippen LogP contribution in [-0.2, 0) is 13.0 Å². The zero-order chi connectivity index (χ0) is 16.5. The highest BCUT2D eigenvalue weighted by atomic mass is 32.1. The minimum absolute atomic E-state index is 0.108. The molecule has 0 saturated carbocycles. The highest BCUT2D eigenvalue weighted by Crippen LogP contribution is 2.23. The number of rotatable bonds is 5. The molecule has 0 radical (unpaired) electrons. The fourth-order valence-electron chi connectivity index (χ4n) is 2.89. The molecule has 0 aliphatic carbocycles. The van der Waals surface area contributed by atoms with Crippen molar-refractivity contribution in [3.63, 3.8) is 0 Å². The highest BCUT2D eigenvalue weighted by Gasteiger charge is 2.26. The van der Waals surface area contributed by atoms with Crippen molar-refractivity contribution in [2.24, 2.45) is 0 Å². The van der Waals surface area contributed by atoms with Gasteiger partial charge in [0, 0.05) is 30.5 Å². The first kappa shape index (κ1) is 15.0. The minimum Gasteiger partial charge on any atom is -0.339 e. The molecule has 6 nitrogen and oxygen atoms in total. The maximum Gasteiger partial charge on any atom is 0.254 e. The van der Waals surface area contributed by atoms with E-state index in [0.29, 0.717) is 31.2 Å². The molecule has 0 fully saturated rings. The summed E-state index contributed by atoms with van der Waals surface area (Å²) in [5.74, 6) is 1.29. The first-order chi connectivity index (χ1) is 11.7. The average Bonchev–Trinajstić information content (AvgIpc) is 3.28. The van der Waals surface area contributed by atoms with Gasteiger partial charge in [0.2, 0.25) is 11.7 Å². The first-order valence-electron chi connectivity index (χ1n) is 7.83. The second kappa shape index (κ2) is 6.16. The highest BCUT2D eigenvalue weighted by molar-refractivity contribution is 7.04. The fourth-order valence-corrected chi connectivity index (χ4v) is 3.58. The molecule has 1 aliphatic rings. The monoisotopic (exact) mass is 340 g/mol. The second-order valence-corrected chi connectivity index (χ2v) is 6.44. The lowest BCUT2D eigenvalue weighted by Gasteiger charge is -2.14. The Morgan fingerprint density at radius 1 is 1.29 bits per heavy atom. The molecule has 2 aromatic heterocycles. The molecule has 3 aromatic rings. The number of nitrogens with zero attached hydrogens (tertiary/aromatic N) is 4. The van der Waals surface area contributed by atoms with E-state index in [1.807, 2.05) is 41.5 Å². The molecule has 3 heterocycles. The molecule has 1 amide bonds. The van der Waals surface area contributed by atoms with E-state index in [9.17, 15) is 4.79 Å². The number of hydrogen-bond acceptors (Lipinski definition) is 6. The van der Waals surface area contributed by atoms with Gasteiger partial charge in [0.25, 0.3) is 5.91 Å². The van der Waals surface area contributed by atoms with Gasteiger partial charge in [0.15, 0.2) is 0 Å². The summed E-state index contributed by atoms with van der Waals surface area (Å²) >= 11 is 1.38. The summed E-state index contributed by atoms with van der Waals surface area (Å²) in [6.45, 7) is 3.30. The number of carbonyl (C=O) groups is 1. The van der Waals surface area contributed by atoms with E-state index in [1.165, 1.54) is 11.5 Å². The van der Waals surface area contributed by atoms with Gasteiger partial charge in [-0.2, -0.15) is 9.36 Å². The molecular formula is C17H16N4O2S. The van der Waals surface area contributed by atoms with E-state index in [-0.39, 0.29) is 5.91 Å². The van der Waals surface area contributed by atoms with Gasteiger partial charge >= 0.3 is 0 Å². The van der Waals surface area contributed by atoms with Crippen LogP contribution in [0.5, 0.6) is 0 Å². The topological polar surface area (TPSA) is 72.1 Å². The van der Waals surface area contributed by atoms with Crippen LogP contribution in [0.3, 0.4) is 0 Å². The maximum absolute atomic E-state index is 12.3. The molecule has 4 rings (SSSR count). The molecule has 0 unspecified atom stereocenters. The lowest BCUT2D eigenvalue weighted by molar-refractivity contribution is 0.0775. The molecule has 1 aliphatic heterocycles. The molecule has 7 heteroatoms. The lowest BCUT2D eigenvalue weighted by atomic mass is 10.1. The predicted octanol–water partition coefficient (Wildman–Crippen LogP) is 3.09.